The molecule has 1 amide bonds. The minimum Gasteiger partial charge on any atom is -0.616 e. The van der Waals surface area contributed by atoms with Crippen LogP contribution < -0.4 is 16.0 Å². The van der Waals surface area contributed by atoms with Gasteiger partial charge in [0.25, 0.3) is 5.91 Å². The van der Waals surface area contributed by atoms with Crippen molar-refractivity contribution in [2.24, 2.45) is 0 Å². The maximum Gasteiger partial charge on any atom is 0.257 e. The van der Waals surface area contributed by atoms with E-state index in [2.05, 4.69) is 25.3 Å². The number of halogens is 2. The molecule has 216 valence electrons. The number of aromatic nitrogens is 4. The average molecular weight is 586 g/mol. The quantitative estimate of drug-likeness (QED) is 0.308. The van der Waals surface area contributed by atoms with E-state index in [0.29, 0.717) is 86.9 Å². The highest BCUT2D eigenvalue weighted by Gasteiger charge is 2.28. The minimum absolute atomic E-state index is 0.161. The number of anilines is 3. The fourth-order valence-electron chi connectivity index (χ4n) is 5.03. The van der Waals surface area contributed by atoms with Gasteiger partial charge in [0.2, 0.25) is 11.9 Å². The first-order chi connectivity index (χ1) is 19.9. The number of piperazine rings is 1. The van der Waals surface area contributed by atoms with Gasteiger partial charge in [-0.25, -0.2) is 8.78 Å². The van der Waals surface area contributed by atoms with Crippen LogP contribution in [0.4, 0.5) is 26.4 Å². The molecule has 12 nitrogen and oxygen atoms in total. The van der Waals surface area contributed by atoms with E-state index in [-0.39, 0.29) is 17.2 Å². The monoisotopic (exact) mass is 585 g/mol. The van der Waals surface area contributed by atoms with E-state index >= 15 is 0 Å². The minimum atomic E-state index is -0.964. The van der Waals surface area contributed by atoms with E-state index in [1.807, 2.05) is 4.90 Å². The van der Waals surface area contributed by atoms with Crippen LogP contribution in [-0.4, -0.2) is 104 Å². The molecule has 41 heavy (non-hydrogen) atoms. The Morgan fingerprint density at radius 1 is 1.07 bits per heavy atom. The second-order valence-corrected chi connectivity index (χ2v) is 11.6. The van der Waals surface area contributed by atoms with Crippen LogP contribution in [0, 0.1) is 11.6 Å². The molecule has 3 N–H and O–H groups in total. The van der Waals surface area contributed by atoms with Gasteiger partial charge in [-0.05, 0) is 18.2 Å². The van der Waals surface area contributed by atoms with Gasteiger partial charge < -0.3 is 29.8 Å². The second kappa shape index (κ2) is 11.5. The zero-order valence-electron chi connectivity index (χ0n) is 22.1. The molecule has 0 bridgehead atoms. The lowest BCUT2D eigenvalue weighted by atomic mass is 10.1. The van der Waals surface area contributed by atoms with Gasteiger partial charge in [0, 0.05) is 51.4 Å². The van der Waals surface area contributed by atoms with E-state index in [9.17, 15) is 18.1 Å². The number of rotatable bonds is 7. The molecule has 2 saturated heterocycles. The van der Waals surface area contributed by atoms with Crippen LogP contribution in [0.25, 0.3) is 17.1 Å². The summed E-state index contributed by atoms with van der Waals surface area (Å²) in [6.45, 7) is 4.16. The van der Waals surface area contributed by atoms with Crippen molar-refractivity contribution < 1.29 is 22.5 Å². The van der Waals surface area contributed by atoms with Crippen molar-refractivity contribution >= 4 is 40.3 Å². The molecule has 3 aromatic heterocycles. The highest BCUT2D eigenvalue weighted by atomic mass is 32.2. The van der Waals surface area contributed by atoms with Crippen molar-refractivity contribution in [2.75, 3.05) is 79.8 Å². The lowest BCUT2D eigenvalue weighted by Crippen LogP contribution is -2.48. The Hall–Kier alpha value is -3.95. The summed E-state index contributed by atoms with van der Waals surface area (Å²) >= 11 is -0.964. The molecule has 2 aliphatic rings. The summed E-state index contributed by atoms with van der Waals surface area (Å²) in [4.78, 5) is 27.2. The number of nitrogens with one attached hydrogen (secondary N) is 1. The van der Waals surface area contributed by atoms with E-state index < -0.39 is 28.7 Å². The lowest BCUT2D eigenvalue weighted by molar-refractivity contribution is 0.0765. The molecule has 6 rings (SSSR count). The van der Waals surface area contributed by atoms with Crippen molar-refractivity contribution in [2.45, 2.75) is 0 Å². The predicted octanol–water partition coefficient (Wildman–Crippen LogP) is 1.68. The molecular formula is C26H29F2N9O3S. The molecule has 5 heterocycles. The fraction of sp³-hybridized carbons (Fsp3) is 0.385. The summed E-state index contributed by atoms with van der Waals surface area (Å²) in [7, 11) is 0. The van der Waals surface area contributed by atoms with Gasteiger partial charge in [-0.15, -0.1) is 0 Å². The third-order valence-electron chi connectivity index (χ3n) is 7.28. The van der Waals surface area contributed by atoms with Crippen molar-refractivity contribution in [3.8, 4) is 11.5 Å². The van der Waals surface area contributed by atoms with Crippen LogP contribution in [0.3, 0.4) is 0 Å². The number of carbonyl (C=O) groups excluding carboxylic acids is 1. The number of nitrogens with zero attached hydrogens (tertiary/aromatic N) is 7. The van der Waals surface area contributed by atoms with Gasteiger partial charge >= 0.3 is 0 Å². The maximum absolute atomic E-state index is 14.8. The number of fused-ring (bicyclic) bond motifs is 1. The molecule has 1 aromatic carbocycles. The van der Waals surface area contributed by atoms with Gasteiger partial charge in [0.1, 0.15) is 28.8 Å². The van der Waals surface area contributed by atoms with Gasteiger partial charge in [-0.1, -0.05) is 11.2 Å². The molecule has 0 spiro atoms. The van der Waals surface area contributed by atoms with Crippen LogP contribution in [0.1, 0.15) is 10.4 Å². The van der Waals surface area contributed by atoms with Crippen molar-refractivity contribution in [1.29, 1.82) is 0 Å². The third kappa shape index (κ3) is 5.78. The number of furan rings is 1. The Bertz CT molecular complexity index is 1530. The Morgan fingerprint density at radius 2 is 1.85 bits per heavy atom. The van der Waals surface area contributed by atoms with E-state index in [4.69, 9.17) is 10.2 Å². The maximum atomic E-state index is 14.8. The summed E-state index contributed by atoms with van der Waals surface area (Å²) < 4.78 is 47.8. The summed E-state index contributed by atoms with van der Waals surface area (Å²) in [6, 6.07) is 7.43. The molecule has 0 aliphatic carbocycles. The van der Waals surface area contributed by atoms with E-state index in [1.54, 1.807) is 24.5 Å². The third-order valence-corrected chi connectivity index (χ3v) is 8.55. The van der Waals surface area contributed by atoms with E-state index in [1.165, 1.54) is 15.5 Å². The standard InChI is InChI=1S/C26H29F2N9O3S/c27-18-15-19(28)21(14-17(18)24(38)36-9-12-41(39)13-10-36)35-7-5-34(6-8-35)4-3-30-26-31-23-16-20(22-2-1-11-40-22)33-37(23)25(29)32-26/h1-2,11,14-16H,3-10,12-13H2,(H3,29,30,31,32). The average Bonchev–Trinajstić information content (AvgIpc) is 3.65. The zero-order chi connectivity index (χ0) is 28.5. The fourth-order valence-corrected chi connectivity index (χ4v) is 6.08. The van der Waals surface area contributed by atoms with Crippen molar-refractivity contribution in [1.82, 2.24) is 29.4 Å². The topological polar surface area (TPSA) is 144 Å². The Morgan fingerprint density at radius 3 is 2.59 bits per heavy atom. The van der Waals surface area contributed by atoms with Gasteiger partial charge in [0.05, 0.1) is 30.6 Å². The van der Waals surface area contributed by atoms with Gasteiger partial charge in [-0.2, -0.15) is 19.6 Å². The van der Waals surface area contributed by atoms with Gasteiger partial charge in [0.15, 0.2) is 11.4 Å². The number of hydrogen-bond acceptors (Lipinski definition) is 10. The lowest BCUT2D eigenvalue weighted by Gasteiger charge is -2.36. The molecule has 0 radical (unpaired) electrons. The van der Waals surface area contributed by atoms with Crippen LogP contribution >= 0.6 is 0 Å². The summed E-state index contributed by atoms with van der Waals surface area (Å²) in [5.41, 5.74) is 7.27. The normalized spacial score (nSPS) is 17.0. The molecule has 0 saturated carbocycles. The Labute approximate surface area is 237 Å². The predicted molar refractivity (Wildman–Crippen MR) is 150 cm³/mol. The summed E-state index contributed by atoms with van der Waals surface area (Å²) in [6.07, 6.45) is 1.57. The Kier molecular flexibility index (Phi) is 7.64. The molecule has 0 unspecified atom stereocenters. The van der Waals surface area contributed by atoms with Crippen LogP contribution in [0.15, 0.2) is 41.0 Å². The number of amides is 1. The molecule has 15 heteroatoms. The van der Waals surface area contributed by atoms with Crippen LogP contribution in [0.5, 0.6) is 0 Å². The largest absolute Gasteiger partial charge is 0.616 e. The van der Waals surface area contributed by atoms with Gasteiger partial charge in [-0.3, -0.25) is 9.69 Å². The number of nitrogen functional groups attached to an aromatic ring is 1. The van der Waals surface area contributed by atoms with Crippen molar-refractivity contribution in [3.63, 3.8) is 0 Å². The number of nitrogens with two attached hydrogens (primary N) is 1. The summed E-state index contributed by atoms with van der Waals surface area (Å²) in [5.74, 6) is -0.183. The number of hydrogen-bond donors (Lipinski definition) is 2. The van der Waals surface area contributed by atoms with Crippen LogP contribution in [0.2, 0.25) is 0 Å². The highest BCUT2D eigenvalue weighted by molar-refractivity contribution is 7.91. The first-order valence-electron chi connectivity index (χ1n) is 13.3. The van der Waals surface area contributed by atoms with Crippen LogP contribution in [-0.2, 0) is 11.2 Å². The smallest absolute Gasteiger partial charge is 0.257 e. The summed E-state index contributed by atoms with van der Waals surface area (Å²) in [5, 5.41) is 7.58. The SMILES string of the molecule is Nc1nc(NCCN2CCN(c3cc(C(=O)N4CC[S+]([O-])CC4)c(F)cc3F)CC2)nc2cc(-c3ccco3)nn12. The zero-order valence-corrected chi connectivity index (χ0v) is 22.9. The number of benzene rings is 1. The number of carbonyl (C=O) groups is 1. The molecule has 0 atom stereocenters. The van der Waals surface area contributed by atoms with Crippen molar-refractivity contribution in [3.05, 3.63) is 53.8 Å². The highest BCUT2D eigenvalue weighted by Crippen LogP contribution is 2.26. The second-order valence-electron chi connectivity index (χ2n) is 9.86. The van der Waals surface area contributed by atoms with E-state index in [0.717, 1.165) is 6.07 Å². The first-order valence-corrected chi connectivity index (χ1v) is 14.8. The molecule has 2 aliphatic heterocycles. The molecule has 2 fully saturated rings. The molecule has 4 aromatic rings. The first kappa shape index (κ1) is 27.2. The molecular weight excluding hydrogens is 556 g/mol. The Balaban J connectivity index is 1.04.